The first-order chi connectivity index (χ1) is 9.24. The number of pyridine rings is 1. The summed E-state index contributed by atoms with van der Waals surface area (Å²) < 4.78 is 13.8. The van der Waals surface area contributed by atoms with E-state index >= 15 is 0 Å². The molecule has 0 bridgehead atoms. The van der Waals surface area contributed by atoms with E-state index in [1.165, 1.54) is 6.07 Å². The molecule has 0 radical (unpaired) electrons. The molecule has 1 heterocycles. The fraction of sp³-hybridized carbons (Fsp3) is 0.267. The minimum absolute atomic E-state index is 0.200. The molecule has 100 valence electrons. The van der Waals surface area contributed by atoms with Crippen LogP contribution in [0.4, 0.5) is 15.9 Å². The topological polar surface area (TPSA) is 28.2 Å². The quantitative estimate of drug-likeness (QED) is 0.893. The Hall–Kier alpha value is -2.10. The Kier molecular flexibility index (Phi) is 4.34. The average Bonchev–Trinajstić information content (AvgIpc) is 2.46. The summed E-state index contributed by atoms with van der Waals surface area (Å²) in [7, 11) is 1.83. The first-order valence-electron chi connectivity index (χ1n) is 6.37. The van der Waals surface area contributed by atoms with E-state index in [1.807, 2.05) is 43.1 Å². The molecule has 1 aromatic carbocycles. The SMILES string of the molecule is CCN(Cc1cccc(NC)n1)c1ccccc1F. The number of hydrogen-bond acceptors (Lipinski definition) is 3. The highest BCUT2D eigenvalue weighted by Gasteiger charge is 2.10. The first kappa shape index (κ1) is 13.3. The van der Waals surface area contributed by atoms with Crippen LogP contribution in [0, 0.1) is 5.82 Å². The van der Waals surface area contributed by atoms with E-state index in [0.717, 1.165) is 18.1 Å². The average molecular weight is 259 g/mol. The summed E-state index contributed by atoms with van der Waals surface area (Å²) in [6.45, 7) is 3.33. The summed E-state index contributed by atoms with van der Waals surface area (Å²) in [5.74, 6) is 0.621. The third-order valence-electron chi connectivity index (χ3n) is 2.99. The number of anilines is 2. The standard InChI is InChI=1S/C15H18FN3/c1-3-19(14-9-5-4-8-13(14)16)11-12-7-6-10-15(17-2)18-12/h4-10H,3,11H2,1-2H3,(H,17,18). The Morgan fingerprint density at radius 3 is 2.63 bits per heavy atom. The Balaban J connectivity index is 2.21. The molecule has 19 heavy (non-hydrogen) atoms. The third kappa shape index (κ3) is 3.22. The smallest absolute Gasteiger partial charge is 0.146 e. The van der Waals surface area contributed by atoms with Crippen molar-refractivity contribution in [1.29, 1.82) is 0 Å². The predicted octanol–water partition coefficient (Wildman–Crippen LogP) is 3.29. The molecular formula is C15H18FN3. The van der Waals surface area contributed by atoms with E-state index in [-0.39, 0.29) is 5.82 Å². The lowest BCUT2D eigenvalue weighted by molar-refractivity contribution is 0.617. The van der Waals surface area contributed by atoms with Gasteiger partial charge in [-0.1, -0.05) is 18.2 Å². The van der Waals surface area contributed by atoms with Gasteiger partial charge in [-0.3, -0.25) is 0 Å². The number of nitrogens with one attached hydrogen (secondary N) is 1. The zero-order chi connectivity index (χ0) is 13.7. The maximum absolute atomic E-state index is 13.8. The lowest BCUT2D eigenvalue weighted by Crippen LogP contribution is -2.23. The van der Waals surface area contributed by atoms with Crippen LogP contribution in [0.15, 0.2) is 42.5 Å². The van der Waals surface area contributed by atoms with Gasteiger partial charge in [0.2, 0.25) is 0 Å². The van der Waals surface area contributed by atoms with Gasteiger partial charge in [0.25, 0.3) is 0 Å². The molecule has 2 aromatic rings. The summed E-state index contributed by atoms with van der Waals surface area (Å²) in [5.41, 5.74) is 1.53. The van der Waals surface area contributed by atoms with Crippen molar-refractivity contribution < 1.29 is 4.39 Å². The van der Waals surface area contributed by atoms with Crippen LogP contribution in [0.1, 0.15) is 12.6 Å². The molecule has 0 aliphatic heterocycles. The van der Waals surface area contributed by atoms with Crippen LogP contribution >= 0.6 is 0 Å². The normalized spacial score (nSPS) is 10.3. The highest BCUT2D eigenvalue weighted by Crippen LogP contribution is 2.20. The van der Waals surface area contributed by atoms with Crippen molar-refractivity contribution in [2.45, 2.75) is 13.5 Å². The Bertz CT molecular complexity index is 542. The second kappa shape index (κ2) is 6.18. The highest BCUT2D eigenvalue weighted by atomic mass is 19.1. The minimum atomic E-state index is -0.200. The molecule has 3 nitrogen and oxygen atoms in total. The monoisotopic (exact) mass is 259 g/mol. The van der Waals surface area contributed by atoms with Crippen LogP contribution in [0.3, 0.4) is 0 Å². The van der Waals surface area contributed by atoms with Crippen LogP contribution in [-0.4, -0.2) is 18.6 Å². The molecule has 0 atom stereocenters. The maximum Gasteiger partial charge on any atom is 0.146 e. The summed E-state index contributed by atoms with van der Waals surface area (Å²) in [6, 6.07) is 12.6. The van der Waals surface area contributed by atoms with Crippen LogP contribution in [0.2, 0.25) is 0 Å². The number of halogens is 1. The van der Waals surface area contributed by atoms with E-state index in [0.29, 0.717) is 12.2 Å². The van der Waals surface area contributed by atoms with Crippen LogP contribution < -0.4 is 10.2 Å². The number of aromatic nitrogens is 1. The second-order valence-corrected chi connectivity index (χ2v) is 4.23. The van der Waals surface area contributed by atoms with Gasteiger partial charge in [-0.2, -0.15) is 0 Å². The molecule has 0 amide bonds. The second-order valence-electron chi connectivity index (χ2n) is 4.23. The number of benzene rings is 1. The molecule has 4 heteroatoms. The Morgan fingerprint density at radius 2 is 1.95 bits per heavy atom. The van der Waals surface area contributed by atoms with Crippen molar-refractivity contribution in [3.63, 3.8) is 0 Å². The molecule has 0 unspecified atom stereocenters. The van der Waals surface area contributed by atoms with Crippen molar-refractivity contribution >= 4 is 11.5 Å². The Morgan fingerprint density at radius 1 is 1.16 bits per heavy atom. The largest absolute Gasteiger partial charge is 0.373 e. The molecule has 0 spiro atoms. The lowest BCUT2D eigenvalue weighted by Gasteiger charge is -2.23. The van der Waals surface area contributed by atoms with Crippen LogP contribution in [-0.2, 0) is 6.54 Å². The number of rotatable bonds is 5. The molecule has 0 aliphatic carbocycles. The van der Waals surface area contributed by atoms with E-state index in [4.69, 9.17) is 0 Å². The summed E-state index contributed by atoms with van der Waals surface area (Å²) in [5, 5.41) is 3.01. The number of para-hydroxylation sites is 1. The molecular weight excluding hydrogens is 241 g/mol. The molecule has 0 aliphatic rings. The molecule has 1 aromatic heterocycles. The van der Waals surface area contributed by atoms with E-state index < -0.39 is 0 Å². The zero-order valence-corrected chi connectivity index (χ0v) is 11.2. The van der Waals surface area contributed by atoms with E-state index in [1.54, 1.807) is 12.1 Å². The fourth-order valence-electron chi connectivity index (χ4n) is 1.98. The predicted molar refractivity (Wildman–Crippen MR) is 76.9 cm³/mol. The van der Waals surface area contributed by atoms with Gasteiger partial charge in [-0.05, 0) is 31.2 Å². The highest BCUT2D eigenvalue weighted by molar-refractivity contribution is 5.48. The summed E-state index contributed by atoms with van der Waals surface area (Å²) >= 11 is 0. The van der Waals surface area contributed by atoms with Gasteiger partial charge in [0, 0.05) is 13.6 Å². The molecule has 0 fully saturated rings. The van der Waals surface area contributed by atoms with Gasteiger partial charge in [0.15, 0.2) is 0 Å². The van der Waals surface area contributed by atoms with Crippen molar-refractivity contribution in [1.82, 2.24) is 4.98 Å². The molecule has 0 saturated carbocycles. The fourth-order valence-corrected chi connectivity index (χ4v) is 1.98. The molecule has 0 saturated heterocycles. The van der Waals surface area contributed by atoms with Gasteiger partial charge in [-0.25, -0.2) is 9.37 Å². The molecule has 2 rings (SSSR count). The maximum atomic E-state index is 13.8. The minimum Gasteiger partial charge on any atom is -0.373 e. The number of nitrogens with zero attached hydrogens (tertiary/aromatic N) is 2. The summed E-state index contributed by atoms with van der Waals surface area (Å²) in [4.78, 5) is 6.43. The van der Waals surface area contributed by atoms with Gasteiger partial charge in [0.05, 0.1) is 17.9 Å². The van der Waals surface area contributed by atoms with Crippen molar-refractivity contribution in [2.24, 2.45) is 0 Å². The van der Waals surface area contributed by atoms with Gasteiger partial charge >= 0.3 is 0 Å². The van der Waals surface area contributed by atoms with Gasteiger partial charge < -0.3 is 10.2 Å². The van der Waals surface area contributed by atoms with E-state index in [9.17, 15) is 4.39 Å². The Labute approximate surface area is 113 Å². The van der Waals surface area contributed by atoms with Crippen molar-refractivity contribution in [3.05, 3.63) is 54.0 Å². The van der Waals surface area contributed by atoms with Gasteiger partial charge in [-0.15, -0.1) is 0 Å². The first-order valence-corrected chi connectivity index (χ1v) is 6.37. The van der Waals surface area contributed by atoms with Crippen LogP contribution in [0.25, 0.3) is 0 Å². The van der Waals surface area contributed by atoms with Crippen LogP contribution in [0.5, 0.6) is 0 Å². The number of hydrogen-bond donors (Lipinski definition) is 1. The summed E-state index contributed by atoms with van der Waals surface area (Å²) in [6.07, 6.45) is 0. The molecule has 1 N–H and O–H groups in total. The van der Waals surface area contributed by atoms with Gasteiger partial charge in [0.1, 0.15) is 11.6 Å². The van der Waals surface area contributed by atoms with Crippen molar-refractivity contribution in [2.75, 3.05) is 23.8 Å². The lowest BCUT2D eigenvalue weighted by atomic mass is 10.2. The van der Waals surface area contributed by atoms with Crippen molar-refractivity contribution in [3.8, 4) is 0 Å². The third-order valence-corrected chi connectivity index (χ3v) is 2.99. The van der Waals surface area contributed by atoms with E-state index in [2.05, 4.69) is 10.3 Å². The zero-order valence-electron chi connectivity index (χ0n) is 11.2.